The Morgan fingerprint density at radius 2 is 1.90 bits per heavy atom. The van der Waals surface area contributed by atoms with Crippen LogP contribution in [0.15, 0.2) is 86.1 Å². The molecule has 3 heterocycles. The van der Waals surface area contributed by atoms with Crippen LogP contribution in [0.1, 0.15) is 31.2 Å². The maximum Gasteiger partial charge on any atom is 0.338 e. The average molecular weight is 561 g/mol. The van der Waals surface area contributed by atoms with Gasteiger partial charge in [0.15, 0.2) is 4.80 Å². The molecule has 0 bridgehead atoms. The van der Waals surface area contributed by atoms with Crippen molar-refractivity contribution < 1.29 is 23.8 Å². The molecule has 4 aromatic rings. The number of nitrogens with zero attached hydrogens (tertiary/aromatic N) is 4. The van der Waals surface area contributed by atoms with E-state index < -0.39 is 27.4 Å². The number of ether oxygens (including phenoxy) is 1. The van der Waals surface area contributed by atoms with Gasteiger partial charge in [-0.2, -0.15) is 0 Å². The maximum absolute atomic E-state index is 13.7. The van der Waals surface area contributed by atoms with Crippen molar-refractivity contribution in [2.24, 2.45) is 4.99 Å². The number of para-hydroxylation sites is 1. The molecular formula is C27H20N4O8S. The summed E-state index contributed by atoms with van der Waals surface area (Å²) in [4.78, 5) is 53.3. The van der Waals surface area contributed by atoms with E-state index in [0.717, 1.165) is 11.3 Å². The first-order valence-corrected chi connectivity index (χ1v) is 12.8. The second kappa shape index (κ2) is 10.5. The Morgan fingerprint density at radius 1 is 1.12 bits per heavy atom. The van der Waals surface area contributed by atoms with E-state index in [9.17, 15) is 29.8 Å². The van der Waals surface area contributed by atoms with Crippen LogP contribution in [0.4, 0.5) is 11.4 Å². The van der Waals surface area contributed by atoms with Crippen LogP contribution in [0.5, 0.6) is 0 Å². The third kappa shape index (κ3) is 4.73. The summed E-state index contributed by atoms with van der Waals surface area (Å²) in [7, 11) is 0. The number of fused-ring (bicyclic) bond motifs is 1. The Balaban J connectivity index is 1.66. The molecule has 0 saturated heterocycles. The highest BCUT2D eigenvalue weighted by atomic mass is 32.1. The molecule has 0 radical (unpaired) electrons. The van der Waals surface area contributed by atoms with Crippen LogP contribution in [0.3, 0.4) is 0 Å². The minimum absolute atomic E-state index is 0.0854. The van der Waals surface area contributed by atoms with Gasteiger partial charge in [0.05, 0.1) is 43.9 Å². The second-order valence-electron chi connectivity index (χ2n) is 8.63. The van der Waals surface area contributed by atoms with Gasteiger partial charge in [0, 0.05) is 24.3 Å². The molecule has 13 heteroatoms. The second-order valence-corrected chi connectivity index (χ2v) is 9.64. The van der Waals surface area contributed by atoms with Gasteiger partial charge < -0.3 is 9.15 Å². The highest BCUT2D eigenvalue weighted by Gasteiger charge is 2.34. The summed E-state index contributed by atoms with van der Waals surface area (Å²) in [5.41, 5.74) is 0.220. The topological polar surface area (TPSA) is 160 Å². The normalized spacial score (nSPS) is 14.9. The number of rotatable bonds is 7. The molecule has 0 unspecified atom stereocenters. The van der Waals surface area contributed by atoms with E-state index in [1.165, 1.54) is 34.9 Å². The molecule has 12 nitrogen and oxygen atoms in total. The molecule has 0 spiro atoms. The molecule has 0 fully saturated rings. The summed E-state index contributed by atoms with van der Waals surface area (Å²) in [5, 5.41) is 22.9. The fraction of sp³-hybridized carbons (Fsp3) is 0.148. The van der Waals surface area contributed by atoms with Gasteiger partial charge in [-0.25, -0.2) is 9.79 Å². The van der Waals surface area contributed by atoms with Crippen molar-refractivity contribution in [2.75, 3.05) is 6.61 Å². The lowest BCUT2D eigenvalue weighted by molar-refractivity contribution is -0.385. The number of aromatic nitrogens is 1. The molecular weight excluding hydrogens is 540 g/mol. The molecule has 2 aromatic carbocycles. The van der Waals surface area contributed by atoms with Gasteiger partial charge in [-0.15, -0.1) is 0 Å². The molecule has 1 aliphatic rings. The highest BCUT2D eigenvalue weighted by molar-refractivity contribution is 7.07. The third-order valence-electron chi connectivity index (χ3n) is 6.18. The van der Waals surface area contributed by atoms with E-state index in [4.69, 9.17) is 9.15 Å². The SMILES string of the molecule is CCOC(=O)C1=C(C)N=c2s/c(=C/c3ccc(-c4ccccc4[N+](=O)[O-])o3)c(=O)n2[C@H]1c1cccc([N+](=O)[O-])c1. The maximum atomic E-state index is 13.7. The number of esters is 1. The molecule has 0 N–H and O–H groups in total. The predicted octanol–water partition coefficient (Wildman–Crippen LogP) is 3.87. The van der Waals surface area contributed by atoms with Crippen molar-refractivity contribution in [1.82, 2.24) is 4.57 Å². The van der Waals surface area contributed by atoms with Crippen molar-refractivity contribution in [2.45, 2.75) is 19.9 Å². The number of furan rings is 1. The number of nitro benzene ring substituents is 2. The van der Waals surface area contributed by atoms with Crippen LogP contribution in [0.2, 0.25) is 0 Å². The Bertz CT molecular complexity index is 1900. The summed E-state index contributed by atoms with van der Waals surface area (Å²) < 4.78 is 12.6. The van der Waals surface area contributed by atoms with Crippen LogP contribution in [-0.2, 0) is 9.53 Å². The third-order valence-corrected chi connectivity index (χ3v) is 7.16. The molecule has 2 aromatic heterocycles. The smallest absolute Gasteiger partial charge is 0.338 e. The zero-order valence-corrected chi connectivity index (χ0v) is 21.9. The quantitative estimate of drug-likeness (QED) is 0.187. The summed E-state index contributed by atoms with van der Waals surface area (Å²) >= 11 is 1.05. The Morgan fingerprint density at radius 3 is 2.62 bits per heavy atom. The van der Waals surface area contributed by atoms with Crippen LogP contribution < -0.4 is 14.9 Å². The number of carbonyl (C=O) groups excluding carboxylic acids is 1. The molecule has 5 rings (SSSR count). The van der Waals surface area contributed by atoms with E-state index in [1.807, 2.05) is 0 Å². The lowest BCUT2D eigenvalue weighted by Gasteiger charge is -2.24. The Hall–Kier alpha value is -5.17. The minimum Gasteiger partial charge on any atom is -0.463 e. The number of carbonyl (C=O) groups is 1. The molecule has 0 saturated carbocycles. The van der Waals surface area contributed by atoms with Crippen molar-refractivity contribution in [1.29, 1.82) is 0 Å². The standard InChI is InChI=1S/C27H20N4O8S/c1-3-38-26(33)23-15(2)28-27-29(24(23)16-7-6-8-17(13-16)30(34)35)25(32)22(40-27)14-18-11-12-21(39-18)19-9-4-5-10-20(19)31(36)37/h4-14,24H,3H2,1-2H3/b22-14+/t24-/m0/s1. The largest absolute Gasteiger partial charge is 0.463 e. The van der Waals surface area contributed by atoms with Crippen LogP contribution in [0.25, 0.3) is 17.4 Å². The number of thiazole rings is 1. The van der Waals surface area contributed by atoms with Gasteiger partial charge in [0.25, 0.3) is 16.9 Å². The fourth-order valence-electron chi connectivity index (χ4n) is 4.46. The molecule has 0 aliphatic carbocycles. The summed E-state index contributed by atoms with van der Waals surface area (Å²) in [5.74, 6) is -0.164. The predicted molar refractivity (Wildman–Crippen MR) is 144 cm³/mol. The van der Waals surface area contributed by atoms with Gasteiger partial charge in [-0.05, 0) is 37.6 Å². The molecule has 1 atom stereocenters. The van der Waals surface area contributed by atoms with Crippen molar-refractivity contribution in [3.05, 3.63) is 123 Å². The van der Waals surface area contributed by atoms with Gasteiger partial charge in [-0.1, -0.05) is 35.6 Å². The van der Waals surface area contributed by atoms with Gasteiger partial charge in [0.2, 0.25) is 0 Å². The summed E-state index contributed by atoms with van der Waals surface area (Å²) in [6.45, 7) is 3.34. The summed E-state index contributed by atoms with van der Waals surface area (Å²) in [6.07, 6.45) is 1.48. The van der Waals surface area contributed by atoms with Crippen LogP contribution >= 0.6 is 11.3 Å². The van der Waals surface area contributed by atoms with E-state index >= 15 is 0 Å². The lowest BCUT2D eigenvalue weighted by Crippen LogP contribution is -2.39. The van der Waals surface area contributed by atoms with Crippen molar-refractivity contribution in [3.63, 3.8) is 0 Å². The highest BCUT2D eigenvalue weighted by Crippen LogP contribution is 2.33. The zero-order valence-electron chi connectivity index (χ0n) is 21.1. The van der Waals surface area contributed by atoms with E-state index in [0.29, 0.717) is 11.3 Å². The number of nitro groups is 2. The Kier molecular flexibility index (Phi) is 6.96. The fourth-order valence-corrected chi connectivity index (χ4v) is 5.49. The van der Waals surface area contributed by atoms with Gasteiger partial charge in [-0.3, -0.25) is 29.6 Å². The van der Waals surface area contributed by atoms with E-state index in [2.05, 4.69) is 4.99 Å². The summed E-state index contributed by atoms with van der Waals surface area (Å²) in [6, 6.07) is 14.0. The van der Waals surface area contributed by atoms with Crippen molar-refractivity contribution in [3.8, 4) is 11.3 Å². The van der Waals surface area contributed by atoms with Gasteiger partial charge >= 0.3 is 5.97 Å². The number of hydrogen-bond donors (Lipinski definition) is 0. The number of hydrogen-bond acceptors (Lipinski definition) is 10. The molecule has 202 valence electrons. The first-order valence-electron chi connectivity index (χ1n) is 12.0. The first kappa shape index (κ1) is 26.4. The lowest BCUT2D eigenvalue weighted by atomic mass is 9.95. The van der Waals surface area contributed by atoms with Crippen molar-refractivity contribution >= 4 is 34.8 Å². The monoisotopic (exact) mass is 560 g/mol. The number of benzene rings is 2. The van der Waals surface area contributed by atoms with E-state index in [-0.39, 0.29) is 50.0 Å². The van der Waals surface area contributed by atoms with E-state index in [1.54, 1.807) is 50.2 Å². The van der Waals surface area contributed by atoms with Crippen LogP contribution in [-0.4, -0.2) is 27.0 Å². The van der Waals surface area contributed by atoms with Crippen LogP contribution in [0, 0.1) is 20.2 Å². The van der Waals surface area contributed by atoms with Gasteiger partial charge in [0.1, 0.15) is 11.5 Å². The minimum atomic E-state index is -1.02. The Labute approximate surface area is 229 Å². The molecule has 1 aliphatic heterocycles. The number of allylic oxidation sites excluding steroid dienone is 1. The average Bonchev–Trinajstić information content (AvgIpc) is 3.52. The zero-order chi connectivity index (χ0) is 28.6. The molecule has 0 amide bonds. The number of non-ortho nitro benzene ring substituents is 1. The first-order chi connectivity index (χ1) is 19.2. The molecule has 40 heavy (non-hydrogen) atoms.